The van der Waals surface area contributed by atoms with Gasteiger partial charge in [0.1, 0.15) is 5.75 Å². The smallest absolute Gasteiger partial charge is 0.271 e. The molecule has 1 atom stereocenters. The van der Waals surface area contributed by atoms with Crippen molar-refractivity contribution < 1.29 is 19.2 Å². The van der Waals surface area contributed by atoms with Crippen LogP contribution in [0.3, 0.4) is 0 Å². The quantitative estimate of drug-likeness (QED) is 0.576. The van der Waals surface area contributed by atoms with Gasteiger partial charge in [0.25, 0.3) is 17.5 Å². The van der Waals surface area contributed by atoms with E-state index in [1.165, 1.54) is 18.2 Å². The van der Waals surface area contributed by atoms with Crippen molar-refractivity contribution in [1.29, 1.82) is 0 Å². The molecule has 0 aliphatic heterocycles. The van der Waals surface area contributed by atoms with Crippen LogP contribution in [0, 0.1) is 10.1 Å². The summed E-state index contributed by atoms with van der Waals surface area (Å²) in [7, 11) is 0. The van der Waals surface area contributed by atoms with Gasteiger partial charge in [-0.2, -0.15) is 0 Å². The number of amides is 2. The lowest BCUT2D eigenvalue weighted by atomic mass is 10.2. The summed E-state index contributed by atoms with van der Waals surface area (Å²) in [5.41, 5.74) is 0.737. The van der Waals surface area contributed by atoms with Crippen molar-refractivity contribution in [2.75, 3.05) is 5.32 Å². The highest BCUT2D eigenvalue weighted by molar-refractivity contribution is 5.95. The zero-order chi connectivity index (χ0) is 19.4. The number of carbonyl (C=O) groups excluding carboxylic acids is 2. The Morgan fingerprint density at radius 2 is 1.89 bits per heavy atom. The molecule has 2 amide bonds. The topological polar surface area (TPSA) is 111 Å². The van der Waals surface area contributed by atoms with Crippen LogP contribution in [0.5, 0.6) is 5.75 Å². The van der Waals surface area contributed by atoms with Crippen LogP contribution in [0.4, 0.5) is 11.4 Å². The molecular weight excluding hydrogens is 350 g/mol. The summed E-state index contributed by atoms with van der Waals surface area (Å²) in [6.07, 6.45) is 1.21. The lowest BCUT2D eigenvalue weighted by Crippen LogP contribution is -2.30. The summed E-state index contributed by atoms with van der Waals surface area (Å²) in [6, 6.07) is 12.5. The van der Waals surface area contributed by atoms with Crippen molar-refractivity contribution in [3.8, 4) is 5.75 Å². The van der Waals surface area contributed by atoms with E-state index < -0.39 is 16.9 Å². The second kappa shape index (κ2) is 7.86. The third-order valence-electron chi connectivity index (χ3n) is 4.04. The number of nitro benzene ring substituents is 1. The molecule has 1 saturated carbocycles. The molecule has 0 unspecified atom stereocenters. The minimum Gasteiger partial charge on any atom is -0.481 e. The van der Waals surface area contributed by atoms with Crippen molar-refractivity contribution in [1.82, 2.24) is 5.32 Å². The lowest BCUT2D eigenvalue weighted by molar-refractivity contribution is -0.384. The lowest BCUT2D eigenvalue weighted by Gasteiger charge is -2.15. The molecule has 1 aliphatic rings. The molecule has 2 aromatic rings. The molecule has 0 bridgehead atoms. The van der Waals surface area contributed by atoms with E-state index in [0.717, 1.165) is 12.8 Å². The normalized spacial score (nSPS) is 14.1. The number of hydrogen-bond donors (Lipinski definition) is 2. The van der Waals surface area contributed by atoms with Crippen LogP contribution in [0.15, 0.2) is 48.5 Å². The van der Waals surface area contributed by atoms with Crippen molar-refractivity contribution in [3.05, 3.63) is 64.2 Å². The van der Waals surface area contributed by atoms with E-state index in [0.29, 0.717) is 17.0 Å². The van der Waals surface area contributed by atoms with Gasteiger partial charge in [-0.1, -0.05) is 6.07 Å². The van der Waals surface area contributed by atoms with E-state index >= 15 is 0 Å². The van der Waals surface area contributed by atoms with E-state index in [4.69, 9.17) is 4.74 Å². The van der Waals surface area contributed by atoms with Crippen molar-refractivity contribution in [2.24, 2.45) is 0 Å². The number of anilines is 1. The maximum atomic E-state index is 12.2. The Balaban J connectivity index is 1.56. The predicted octanol–water partition coefficient (Wildman–Crippen LogP) is 2.89. The van der Waals surface area contributed by atoms with Gasteiger partial charge in [-0.25, -0.2) is 0 Å². The molecule has 0 saturated heterocycles. The molecule has 0 heterocycles. The molecule has 0 radical (unpaired) electrons. The minimum atomic E-state index is -0.824. The molecular formula is C19H19N3O5. The first-order valence-electron chi connectivity index (χ1n) is 8.55. The van der Waals surface area contributed by atoms with E-state index in [2.05, 4.69) is 10.6 Å². The third-order valence-corrected chi connectivity index (χ3v) is 4.04. The number of ether oxygens (including phenoxy) is 1. The Morgan fingerprint density at radius 3 is 2.52 bits per heavy atom. The molecule has 2 aromatic carbocycles. The Kier molecular flexibility index (Phi) is 5.35. The number of carbonyl (C=O) groups is 2. The van der Waals surface area contributed by atoms with E-state index in [1.54, 1.807) is 37.3 Å². The summed E-state index contributed by atoms with van der Waals surface area (Å²) >= 11 is 0. The molecule has 27 heavy (non-hydrogen) atoms. The second-order valence-corrected chi connectivity index (χ2v) is 6.33. The van der Waals surface area contributed by atoms with Crippen LogP contribution >= 0.6 is 0 Å². The average Bonchev–Trinajstić information content (AvgIpc) is 3.46. The maximum absolute atomic E-state index is 12.2. The first-order valence-corrected chi connectivity index (χ1v) is 8.55. The van der Waals surface area contributed by atoms with Crippen LogP contribution < -0.4 is 15.4 Å². The monoisotopic (exact) mass is 369 g/mol. The highest BCUT2D eigenvalue weighted by atomic mass is 16.6. The second-order valence-electron chi connectivity index (χ2n) is 6.33. The Labute approximate surface area is 155 Å². The Morgan fingerprint density at radius 1 is 1.19 bits per heavy atom. The van der Waals surface area contributed by atoms with Crippen LogP contribution in [0.1, 0.15) is 30.1 Å². The van der Waals surface area contributed by atoms with Gasteiger partial charge in [0.05, 0.1) is 4.92 Å². The van der Waals surface area contributed by atoms with E-state index in [9.17, 15) is 19.7 Å². The number of benzene rings is 2. The van der Waals surface area contributed by atoms with Gasteiger partial charge in [-0.05, 0) is 50.1 Å². The van der Waals surface area contributed by atoms with Gasteiger partial charge in [0.15, 0.2) is 6.10 Å². The van der Waals surface area contributed by atoms with Crippen LogP contribution in [0.2, 0.25) is 0 Å². The third kappa shape index (κ3) is 5.04. The van der Waals surface area contributed by atoms with E-state index in [-0.39, 0.29) is 17.6 Å². The van der Waals surface area contributed by atoms with Crippen LogP contribution in [0.25, 0.3) is 0 Å². The fourth-order valence-electron chi connectivity index (χ4n) is 2.38. The summed E-state index contributed by atoms with van der Waals surface area (Å²) in [4.78, 5) is 34.4. The molecule has 1 aliphatic carbocycles. The van der Waals surface area contributed by atoms with Gasteiger partial charge in [0, 0.05) is 29.4 Å². The standard InChI is InChI=1S/C19H19N3O5/c1-12(18(23)21-15-3-2-4-16(11-15)22(25)26)27-17-9-5-13(6-10-17)19(24)20-14-7-8-14/h2-6,9-12,14H,7-8H2,1H3,(H,20,24)(H,21,23)/t12-/m1/s1. The summed E-state index contributed by atoms with van der Waals surface area (Å²) in [5, 5.41) is 16.3. The number of rotatable bonds is 7. The van der Waals surface area contributed by atoms with Gasteiger partial charge in [-0.15, -0.1) is 0 Å². The molecule has 0 aromatic heterocycles. The number of nitrogens with zero attached hydrogens (tertiary/aromatic N) is 1. The predicted molar refractivity (Wildman–Crippen MR) is 98.7 cm³/mol. The Bertz CT molecular complexity index is 862. The van der Waals surface area contributed by atoms with Crippen molar-refractivity contribution in [2.45, 2.75) is 31.9 Å². The molecule has 3 rings (SSSR count). The fourth-order valence-corrected chi connectivity index (χ4v) is 2.38. The number of nitro groups is 1. The summed E-state index contributed by atoms with van der Waals surface area (Å²) in [5.74, 6) is -0.119. The van der Waals surface area contributed by atoms with Crippen molar-refractivity contribution in [3.63, 3.8) is 0 Å². The van der Waals surface area contributed by atoms with Crippen LogP contribution in [-0.2, 0) is 4.79 Å². The van der Waals surface area contributed by atoms with Gasteiger partial charge in [-0.3, -0.25) is 19.7 Å². The average molecular weight is 369 g/mol. The minimum absolute atomic E-state index is 0.110. The highest BCUT2D eigenvalue weighted by Crippen LogP contribution is 2.21. The number of nitrogens with one attached hydrogen (secondary N) is 2. The van der Waals surface area contributed by atoms with Gasteiger partial charge >= 0.3 is 0 Å². The zero-order valence-electron chi connectivity index (χ0n) is 14.7. The molecule has 8 nitrogen and oxygen atoms in total. The van der Waals surface area contributed by atoms with Gasteiger partial charge in [0.2, 0.25) is 0 Å². The molecule has 2 N–H and O–H groups in total. The molecule has 1 fully saturated rings. The number of hydrogen-bond acceptors (Lipinski definition) is 5. The first kappa shape index (κ1) is 18.4. The molecule has 0 spiro atoms. The SMILES string of the molecule is C[C@@H](Oc1ccc(C(=O)NC2CC2)cc1)C(=O)Nc1cccc([N+](=O)[O-])c1. The van der Waals surface area contributed by atoms with Gasteiger partial charge < -0.3 is 15.4 Å². The van der Waals surface area contributed by atoms with Crippen LogP contribution in [-0.4, -0.2) is 28.9 Å². The summed E-state index contributed by atoms with van der Waals surface area (Å²) in [6.45, 7) is 1.57. The fraction of sp³-hybridized carbons (Fsp3) is 0.263. The molecule has 8 heteroatoms. The molecule has 140 valence electrons. The van der Waals surface area contributed by atoms with E-state index in [1.807, 2.05) is 0 Å². The first-order chi connectivity index (χ1) is 12.9. The zero-order valence-corrected chi connectivity index (χ0v) is 14.7. The Hall–Kier alpha value is -3.42. The maximum Gasteiger partial charge on any atom is 0.271 e. The highest BCUT2D eigenvalue weighted by Gasteiger charge is 2.23. The summed E-state index contributed by atoms with van der Waals surface area (Å²) < 4.78 is 5.58. The van der Waals surface area contributed by atoms with Crippen molar-refractivity contribution >= 4 is 23.2 Å². The number of non-ortho nitro benzene ring substituents is 1. The largest absolute Gasteiger partial charge is 0.481 e.